The van der Waals surface area contributed by atoms with Crippen molar-refractivity contribution in [1.29, 1.82) is 0 Å². The van der Waals surface area contributed by atoms with Gasteiger partial charge in [-0.25, -0.2) is 8.78 Å². The minimum absolute atomic E-state index is 0.0317. The van der Waals surface area contributed by atoms with Crippen LogP contribution >= 0.6 is 11.3 Å². The fraction of sp³-hybridized carbons (Fsp3) is 0.389. The second-order valence-corrected chi connectivity index (χ2v) is 6.93. The van der Waals surface area contributed by atoms with Gasteiger partial charge >= 0.3 is 0 Å². The Bertz CT molecular complexity index is 724. The second kappa shape index (κ2) is 8.03. The van der Waals surface area contributed by atoms with E-state index in [4.69, 9.17) is 0 Å². The van der Waals surface area contributed by atoms with E-state index in [0.29, 0.717) is 37.3 Å². The van der Waals surface area contributed by atoms with E-state index in [1.165, 1.54) is 17.4 Å². The lowest BCUT2D eigenvalue weighted by Gasteiger charge is -2.24. The standard InChI is InChI=1S/C18H20F2N2O2S/c19-15-3-2-13(10-16(15)20)17(23)11-21-5-1-6-22(8-7-21)18(24)14-4-9-25-12-14/h2-4,9-10,12,17,23H,1,5-8,11H2/t17-/m1/s1. The SMILES string of the molecule is O=C(c1ccsc1)N1CCCN(C[C@@H](O)c2ccc(F)c(F)c2)CC1. The minimum atomic E-state index is -0.958. The lowest BCUT2D eigenvalue weighted by Crippen LogP contribution is -2.36. The number of benzene rings is 1. The summed E-state index contributed by atoms with van der Waals surface area (Å²) in [5.41, 5.74) is 1.06. The third-order valence-corrected chi connectivity index (χ3v) is 5.09. The zero-order valence-corrected chi connectivity index (χ0v) is 14.5. The molecule has 1 N–H and O–H groups in total. The number of carbonyl (C=O) groups excluding carboxylic acids is 1. The molecule has 1 aliphatic heterocycles. The Balaban J connectivity index is 1.57. The molecule has 1 amide bonds. The zero-order valence-electron chi connectivity index (χ0n) is 13.7. The molecule has 1 aromatic heterocycles. The third-order valence-electron chi connectivity index (χ3n) is 4.40. The van der Waals surface area contributed by atoms with Gasteiger partial charge in [-0.3, -0.25) is 9.69 Å². The second-order valence-electron chi connectivity index (χ2n) is 6.15. The largest absolute Gasteiger partial charge is 0.387 e. The molecule has 0 saturated carbocycles. The van der Waals surface area contributed by atoms with Crippen LogP contribution in [0.25, 0.3) is 0 Å². The fourth-order valence-electron chi connectivity index (χ4n) is 2.99. The number of nitrogens with zero attached hydrogens (tertiary/aromatic N) is 2. The first-order chi connectivity index (χ1) is 12.0. The van der Waals surface area contributed by atoms with Crippen LogP contribution in [0.5, 0.6) is 0 Å². The topological polar surface area (TPSA) is 43.8 Å². The molecule has 0 aliphatic carbocycles. The number of carbonyl (C=O) groups is 1. The maximum absolute atomic E-state index is 13.3. The molecule has 1 aromatic carbocycles. The number of rotatable bonds is 4. The predicted octanol–water partition coefficient (Wildman–Crippen LogP) is 2.91. The molecule has 1 atom stereocenters. The first-order valence-corrected chi connectivity index (χ1v) is 9.15. The van der Waals surface area contributed by atoms with Crippen molar-refractivity contribution >= 4 is 17.2 Å². The average Bonchev–Trinajstić information content (AvgIpc) is 3.04. The number of hydrogen-bond donors (Lipinski definition) is 1. The molecule has 0 unspecified atom stereocenters. The number of aliphatic hydroxyl groups is 1. The van der Waals surface area contributed by atoms with Crippen LogP contribution in [0.15, 0.2) is 35.0 Å². The van der Waals surface area contributed by atoms with E-state index >= 15 is 0 Å². The van der Waals surface area contributed by atoms with E-state index < -0.39 is 17.7 Å². The number of halogens is 2. The molecule has 2 aromatic rings. The van der Waals surface area contributed by atoms with Crippen LogP contribution in [0.1, 0.15) is 28.4 Å². The van der Waals surface area contributed by atoms with Crippen molar-refractivity contribution in [2.45, 2.75) is 12.5 Å². The highest BCUT2D eigenvalue weighted by atomic mass is 32.1. The quantitative estimate of drug-likeness (QED) is 0.905. The molecule has 7 heteroatoms. The molecule has 2 heterocycles. The van der Waals surface area contributed by atoms with Gasteiger partial charge < -0.3 is 10.0 Å². The first-order valence-electron chi connectivity index (χ1n) is 8.21. The summed E-state index contributed by atoms with van der Waals surface area (Å²) in [5.74, 6) is -1.85. The summed E-state index contributed by atoms with van der Waals surface area (Å²) in [6, 6.07) is 5.28. The number of hydrogen-bond acceptors (Lipinski definition) is 4. The molecule has 4 nitrogen and oxygen atoms in total. The van der Waals surface area contributed by atoms with Crippen molar-refractivity contribution < 1.29 is 18.7 Å². The summed E-state index contributed by atoms with van der Waals surface area (Å²) in [4.78, 5) is 16.3. The molecular weight excluding hydrogens is 346 g/mol. The summed E-state index contributed by atoms with van der Waals surface area (Å²) in [6.45, 7) is 2.96. The van der Waals surface area contributed by atoms with Gasteiger partial charge in [0.1, 0.15) is 0 Å². The normalized spacial score (nSPS) is 17.3. The molecule has 0 bridgehead atoms. The van der Waals surface area contributed by atoms with E-state index in [-0.39, 0.29) is 5.91 Å². The summed E-state index contributed by atoms with van der Waals surface area (Å²) >= 11 is 1.50. The summed E-state index contributed by atoms with van der Waals surface area (Å²) in [7, 11) is 0. The van der Waals surface area contributed by atoms with Crippen molar-refractivity contribution in [2.24, 2.45) is 0 Å². The maximum atomic E-state index is 13.3. The van der Waals surface area contributed by atoms with Gasteiger partial charge in [0.15, 0.2) is 11.6 Å². The smallest absolute Gasteiger partial charge is 0.254 e. The lowest BCUT2D eigenvalue weighted by molar-refractivity contribution is 0.0755. The Morgan fingerprint density at radius 3 is 2.72 bits per heavy atom. The van der Waals surface area contributed by atoms with Gasteiger partial charge in [0.25, 0.3) is 5.91 Å². The van der Waals surface area contributed by atoms with Gasteiger partial charge in [-0.05, 0) is 35.6 Å². The van der Waals surface area contributed by atoms with Crippen LogP contribution < -0.4 is 0 Å². The minimum Gasteiger partial charge on any atom is -0.387 e. The van der Waals surface area contributed by atoms with Crippen molar-refractivity contribution in [3.05, 3.63) is 57.8 Å². The highest BCUT2D eigenvalue weighted by molar-refractivity contribution is 7.08. The molecular formula is C18H20F2N2O2S. The third kappa shape index (κ3) is 4.42. The van der Waals surface area contributed by atoms with Crippen LogP contribution in [-0.2, 0) is 0 Å². The Labute approximate surface area is 149 Å². The van der Waals surface area contributed by atoms with Gasteiger partial charge in [-0.15, -0.1) is 0 Å². The van der Waals surface area contributed by atoms with Crippen molar-refractivity contribution in [2.75, 3.05) is 32.7 Å². The van der Waals surface area contributed by atoms with Crippen LogP contribution in [0, 0.1) is 11.6 Å². The fourth-order valence-corrected chi connectivity index (χ4v) is 3.62. The highest BCUT2D eigenvalue weighted by Gasteiger charge is 2.22. The monoisotopic (exact) mass is 366 g/mol. The predicted molar refractivity (Wildman–Crippen MR) is 92.6 cm³/mol. The van der Waals surface area contributed by atoms with E-state index in [1.807, 2.05) is 26.6 Å². The van der Waals surface area contributed by atoms with E-state index in [0.717, 1.165) is 25.1 Å². The zero-order chi connectivity index (χ0) is 17.8. The van der Waals surface area contributed by atoms with Crippen LogP contribution in [0.4, 0.5) is 8.78 Å². The number of β-amino-alcohol motifs (C(OH)–C–C–N with tert-alkyl or cyclic N) is 1. The van der Waals surface area contributed by atoms with Gasteiger partial charge in [0, 0.05) is 38.1 Å². The number of aliphatic hydroxyl groups excluding tert-OH is 1. The van der Waals surface area contributed by atoms with Gasteiger partial charge in [0.2, 0.25) is 0 Å². The maximum Gasteiger partial charge on any atom is 0.254 e. The van der Waals surface area contributed by atoms with Crippen molar-refractivity contribution in [3.8, 4) is 0 Å². The first kappa shape index (κ1) is 18.0. The van der Waals surface area contributed by atoms with Gasteiger partial charge in [-0.2, -0.15) is 11.3 Å². The number of thiophene rings is 1. The van der Waals surface area contributed by atoms with Gasteiger partial charge in [0.05, 0.1) is 11.7 Å². The Hall–Kier alpha value is -1.83. The molecule has 3 rings (SSSR count). The van der Waals surface area contributed by atoms with E-state index in [2.05, 4.69) is 0 Å². The summed E-state index contributed by atoms with van der Waals surface area (Å²) in [5, 5.41) is 14.0. The molecule has 134 valence electrons. The molecule has 1 aliphatic rings. The summed E-state index contributed by atoms with van der Waals surface area (Å²) < 4.78 is 26.3. The Morgan fingerprint density at radius 2 is 2.00 bits per heavy atom. The Morgan fingerprint density at radius 1 is 1.16 bits per heavy atom. The van der Waals surface area contributed by atoms with Crippen LogP contribution in [-0.4, -0.2) is 53.5 Å². The molecule has 25 heavy (non-hydrogen) atoms. The van der Waals surface area contributed by atoms with Crippen LogP contribution in [0.3, 0.4) is 0 Å². The average molecular weight is 366 g/mol. The molecule has 1 saturated heterocycles. The lowest BCUT2D eigenvalue weighted by atomic mass is 10.1. The van der Waals surface area contributed by atoms with E-state index in [9.17, 15) is 18.7 Å². The Kier molecular flexibility index (Phi) is 5.78. The summed E-state index contributed by atoms with van der Waals surface area (Å²) in [6.07, 6.45) is -0.0883. The van der Waals surface area contributed by atoms with E-state index in [1.54, 1.807) is 0 Å². The van der Waals surface area contributed by atoms with Gasteiger partial charge in [-0.1, -0.05) is 6.07 Å². The molecule has 1 fully saturated rings. The highest BCUT2D eigenvalue weighted by Crippen LogP contribution is 2.19. The molecule has 0 radical (unpaired) electrons. The number of amides is 1. The van der Waals surface area contributed by atoms with Crippen molar-refractivity contribution in [3.63, 3.8) is 0 Å². The van der Waals surface area contributed by atoms with Crippen molar-refractivity contribution in [1.82, 2.24) is 9.80 Å². The molecule has 0 spiro atoms. The van der Waals surface area contributed by atoms with Crippen LogP contribution in [0.2, 0.25) is 0 Å².